The summed E-state index contributed by atoms with van der Waals surface area (Å²) in [4.78, 5) is 15.6. The van der Waals surface area contributed by atoms with E-state index in [9.17, 15) is 4.79 Å². The number of rotatable bonds is 9. The lowest BCUT2D eigenvalue weighted by Gasteiger charge is -2.46. The van der Waals surface area contributed by atoms with Gasteiger partial charge in [0.1, 0.15) is 0 Å². The van der Waals surface area contributed by atoms with Gasteiger partial charge in [0, 0.05) is 61.9 Å². The zero-order chi connectivity index (χ0) is 28.0. The molecule has 5 rings (SSSR count). The molecule has 0 amide bonds. The van der Waals surface area contributed by atoms with Crippen LogP contribution in [0.4, 0.5) is 0 Å². The van der Waals surface area contributed by atoms with Crippen molar-refractivity contribution in [1.29, 1.82) is 0 Å². The zero-order valence-electron chi connectivity index (χ0n) is 22.8. The molecule has 0 spiro atoms. The summed E-state index contributed by atoms with van der Waals surface area (Å²) in [6, 6.07) is 7.18. The maximum absolute atomic E-state index is 13.2. The fourth-order valence-electron chi connectivity index (χ4n) is 6.64. The lowest BCUT2D eigenvalue weighted by Crippen LogP contribution is -2.51. The van der Waals surface area contributed by atoms with Crippen molar-refractivity contribution in [3.8, 4) is 0 Å². The molecule has 1 aliphatic carbocycles. The highest BCUT2D eigenvalue weighted by atomic mass is 32.3. The maximum Gasteiger partial charge on any atom is 0.394 e. The fraction of sp³-hybridized carbons (Fsp3) is 0.621. The van der Waals surface area contributed by atoms with Crippen LogP contribution in [0.25, 0.3) is 10.9 Å². The standard InChI is InChI=1S/C29H40N2O3.H2O4S/c1-3-12-30-19-22-18-27-25(24-8-5-9-26(30)28(22)24)17-23(20-31(27)13-4-2)29(32)34-14-6-7-21-10-15-33-16-11-21;1-5(2,3)4/h4-5,8-9,19,21,23,25,27H,2-3,6-7,10-18,20H2,1H3;(H2,1,2,3,4)/t23?,25-,27-;/m1./s1. The highest BCUT2D eigenvalue weighted by molar-refractivity contribution is 7.79. The number of piperidine rings is 1. The van der Waals surface area contributed by atoms with Crippen LogP contribution in [0.15, 0.2) is 37.1 Å². The van der Waals surface area contributed by atoms with Crippen molar-refractivity contribution in [2.45, 2.75) is 70.4 Å². The van der Waals surface area contributed by atoms with Gasteiger partial charge in [-0.2, -0.15) is 8.42 Å². The van der Waals surface area contributed by atoms with Gasteiger partial charge < -0.3 is 14.0 Å². The molecule has 216 valence electrons. The quantitative estimate of drug-likeness (QED) is 0.196. The molecule has 0 saturated carbocycles. The van der Waals surface area contributed by atoms with Crippen molar-refractivity contribution in [3.05, 3.63) is 48.2 Å². The predicted molar refractivity (Wildman–Crippen MR) is 150 cm³/mol. The number of ether oxygens (including phenoxy) is 2. The number of benzene rings is 1. The second kappa shape index (κ2) is 13.4. The minimum Gasteiger partial charge on any atom is -0.465 e. The molecule has 9 nitrogen and oxygen atoms in total. The van der Waals surface area contributed by atoms with E-state index in [-0.39, 0.29) is 11.9 Å². The first kappa shape index (κ1) is 29.7. The van der Waals surface area contributed by atoms with E-state index in [1.54, 1.807) is 0 Å². The Labute approximate surface area is 231 Å². The number of aromatic nitrogens is 1. The number of hydrogen-bond donors (Lipinski definition) is 2. The number of hydrogen-bond acceptors (Lipinski definition) is 6. The molecule has 10 heteroatoms. The van der Waals surface area contributed by atoms with Gasteiger partial charge in [-0.05, 0) is 68.1 Å². The number of fused-ring (bicyclic) bond motifs is 2. The Balaban J connectivity index is 0.000000648. The first-order valence-corrected chi connectivity index (χ1v) is 15.5. The van der Waals surface area contributed by atoms with Gasteiger partial charge in [0.25, 0.3) is 0 Å². The minimum absolute atomic E-state index is 0.0129. The molecule has 0 radical (unpaired) electrons. The molecule has 39 heavy (non-hydrogen) atoms. The second-order valence-corrected chi connectivity index (χ2v) is 11.9. The lowest BCUT2D eigenvalue weighted by molar-refractivity contribution is -0.151. The first-order chi connectivity index (χ1) is 18.7. The third-order valence-corrected chi connectivity index (χ3v) is 8.28. The number of esters is 1. The van der Waals surface area contributed by atoms with Crippen molar-refractivity contribution in [3.63, 3.8) is 0 Å². The molecule has 3 heterocycles. The summed E-state index contributed by atoms with van der Waals surface area (Å²) in [5, 5.41) is 1.43. The van der Waals surface area contributed by atoms with Gasteiger partial charge in [-0.1, -0.05) is 25.1 Å². The van der Waals surface area contributed by atoms with Gasteiger partial charge in [-0.15, -0.1) is 6.58 Å². The van der Waals surface area contributed by atoms with E-state index in [0.717, 1.165) is 83.7 Å². The molecule has 2 aliphatic heterocycles. The molecular weight excluding hydrogens is 520 g/mol. The van der Waals surface area contributed by atoms with Crippen molar-refractivity contribution in [2.24, 2.45) is 11.8 Å². The minimum atomic E-state index is -4.67. The van der Waals surface area contributed by atoms with Crippen LogP contribution in [0.5, 0.6) is 0 Å². The second-order valence-electron chi connectivity index (χ2n) is 11.0. The molecule has 3 atom stereocenters. The Hall–Kier alpha value is -2.24. The van der Waals surface area contributed by atoms with E-state index in [2.05, 4.69) is 47.4 Å². The molecular formula is C29H42N2O7S. The Morgan fingerprint density at radius 3 is 2.69 bits per heavy atom. The van der Waals surface area contributed by atoms with Crippen LogP contribution in [0, 0.1) is 11.8 Å². The molecule has 1 aromatic carbocycles. The number of likely N-dealkylation sites (tertiary alicyclic amines) is 1. The fourth-order valence-corrected chi connectivity index (χ4v) is 6.64. The topological polar surface area (TPSA) is 118 Å². The average Bonchev–Trinajstić information content (AvgIpc) is 3.25. The van der Waals surface area contributed by atoms with Gasteiger partial charge in [0.15, 0.2) is 0 Å². The summed E-state index contributed by atoms with van der Waals surface area (Å²) in [6.07, 6.45) is 11.8. The van der Waals surface area contributed by atoms with Crippen LogP contribution in [-0.2, 0) is 37.6 Å². The Morgan fingerprint density at radius 1 is 1.26 bits per heavy atom. The molecule has 1 aromatic heterocycles. The van der Waals surface area contributed by atoms with E-state index in [1.807, 2.05) is 6.08 Å². The van der Waals surface area contributed by atoms with Gasteiger partial charge in [0.05, 0.1) is 12.5 Å². The number of nitrogens with zero attached hydrogens (tertiary/aromatic N) is 2. The van der Waals surface area contributed by atoms with E-state index in [0.29, 0.717) is 18.6 Å². The molecule has 1 unspecified atom stereocenters. The van der Waals surface area contributed by atoms with Crippen molar-refractivity contribution in [2.75, 3.05) is 32.9 Å². The Morgan fingerprint density at radius 2 is 2.00 bits per heavy atom. The van der Waals surface area contributed by atoms with E-state index >= 15 is 0 Å². The Kier molecular flexibility index (Phi) is 10.2. The smallest absolute Gasteiger partial charge is 0.394 e. The van der Waals surface area contributed by atoms with Crippen LogP contribution in [0.3, 0.4) is 0 Å². The third kappa shape index (κ3) is 7.70. The van der Waals surface area contributed by atoms with Gasteiger partial charge >= 0.3 is 16.4 Å². The summed E-state index contributed by atoms with van der Waals surface area (Å²) < 4.78 is 45.3. The summed E-state index contributed by atoms with van der Waals surface area (Å²) in [5.41, 5.74) is 4.23. The van der Waals surface area contributed by atoms with Crippen LogP contribution >= 0.6 is 0 Å². The summed E-state index contributed by atoms with van der Waals surface area (Å²) in [7, 11) is -4.67. The lowest BCUT2D eigenvalue weighted by atomic mass is 9.72. The molecule has 0 bridgehead atoms. The highest BCUT2D eigenvalue weighted by Gasteiger charge is 2.43. The summed E-state index contributed by atoms with van der Waals surface area (Å²) >= 11 is 0. The zero-order valence-corrected chi connectivity index (χ0v) is 23.7. The largest absolute Gasteiger partial charge is 0.465 e. The van der Waals surface area contributed by atoms with Crippen molar-refractivity contribution < 1.29 is 31.8 Å². The van der Waals surface area contributed by atoms with Crippen molar-refractivity contribution >= 4 is 27.3 Å². The number of carbonyl (C=O) groups excluding carboxylic acids is 1. The monoisotopic (exact) mass is 562 g/mol. The molecule has 2 fully saturated rings. The van der Waals surface area contributed by atoms with Crippen LogP contribution in [-0.4, -0.2) is 71.9 Å². The van der Waals surface area contributed by atoms with Crippen LogP contribution < -0.4 is 0 Å². The summed E-state index contributed by atoms with van der Waals surface area (Å²) in [6.45, 7) is 11.2. The highest BCUT2D eigenvalue weighted by Crippen LogP contribution is 2.45. The first-order valence-electron chi connectivity index (χ1n) is 14.1. The van der Waals surface area contributed by atoms with Gasteiger partial charge in [0.2, 0.25) is 0 Å². The average molecular weight is 563 g/mol. The van der Waals surface area contributed by atoms with E-state index in [4.69, 9.17) is 27.0 Å². The SMILES string of the molecule is C=CCN1CC(C(=O)OCCCC2CCOCC2)C[C@@H]2c3cccc4c3c(cn4CCC)C[C@H]21.O=S(=O)(O)O. The maximum atomic E-state index is 13.2. The van der Waals surface area contributed by atoms with Gasteiger partial charge in [-0.25, -0.2) is 0 Å². The molecule has 2 aromatic rings. The third-order valence-electron chi connectivity index (χ3n) is 8.28. The summed E-state index contributed by atoms with van der Waals surface area (Å²) in [5.74, 6) is 1.00. The number of carbonyl (C=O) groups is 1. The molecule has 2 N–H and O–H groups in total. The predicted octanol–water partition coefficient (Wildman–Crippen LogP) is 4.66. The van der Waals surface area contributed by atoms with Gasteiger partial charge in [-0.3, -0.25) is 18.8 Å². The molecule has 2 saturated heterocycles. The van der Waals surface area contributed by atoms with Crippen LogP contribution in [0.1, 0.15) is 62.5 Å². The normalized spacial score (nSPS) is 23.5. The van der Waals surface area contributed by atoms with Crippen molar-refractivity contribution in [1.82, 2.24) is 9.47 Å². The number of aryl methyl sites for hydroxylation is 1. The molecule has 3 aliphatic rings. The Bertz CT molecular complexity index is 1230. The van der Waals surface area contributed by atoms with E-state index < -0.39 is 10.4 Å². The van der Waals surface area contributed by atoms with Crippen LogP contribution in [0.2, 0.25) is 0 Å². The van der Waals surface area contributed by atoms with E-state index in [1.165, 1.54) is 22.0 Å².